The number of hydrogen-bond acceptors (Lipinski definition) is 6. The second kappa shape index (κ2) is 10.9. The van der Waals surface area contributed by atoms with E-state index in [1.807, 2.05) is 18.2 Å². The van der Waals surface area contributed by atoms with Gasteiger partial charge in [-0.05, 0) is 54.4 Å². The van der Waals surface area contributed by atoms with E-state index in [0.29, 0.717) is 23.9 Å². The number of nitrogens with zero attached hydrogens (tertiary/aromatic N) is 4. The third kappa shape index (κ3) is 6.16. The highest BCUT2D eigenvalue weighted by Gasteiger charge is 2.44. The highest BCUT2D eigenvalue weighted by atomic mass is 16.4. The first kappa shape index (κ1) is 24.6. The molecule has 1 aromatic carbocycles. The summed E-state index contributed by atoms with van der Waals surface area (Å²) in [6.07, 6.45) is 9.66. The number of nitrogens with one attached hydrogen (secondary N) is 1. The number of benzene rings is 1. The summed E-state index contributed by atoms with van der Waals surface area (Å²) in [4.78, 5) is 34.8. The van der Waals surface area contributed by atoms with Gasteiger partial charge in [0.2, 0.25) is 11.7 Å². The van der Waals surface area contributed by atoms with Crippen molar-refractivity contribution >= 4 is 23.3 Å². The van der Waals surface area contributed by atoms with E-state index >= 15 is 0 Å². The molecule has 8 nitrogen and oxygen atoms in total. The normalized spacial score (nSPS) is 19.7. The molecule has 2 aliphatic rings. The maximum Gasteiger partial charge on any atom is 0.307 e. The Morgan fingerprint density at radius 3 is 2.51 bits per heavy atom. The van der Waals surface area contributed by atoms with Gasteiger partial charge >= 0.3 is 5.97 Å². The van der Waals surface area contributed by atoms with Crippen LogP contribution in [0.4, 0.5) is 11.4 Å². The summed E-state index contributed by atoms with van der Waals surface area (Å²) < 4.78 is 0. The van der Waals surface area contributed by atoms with Crippen molar-refractivity contribution in [2.75, 3.05) is 16.8 Å². The van der Waals surface area contributed by atoms with Crippen LogP contribution in [0, 0.1) is 23.2 Å². The van der Waals surface area contributed by atoms with Gasteiger partial charge in [-0.3, -0.25) is 9.59 Å². The van der Waals surface area contributed by atoms with E-state index in [0.717, 1.165) is 36.3 Å². The molecule has 2 aliphatic carbocycles. The molecule has 2 fully saturated rings. The fraction of sp³-hybridized carbons (Fsp3) is 0.519. The molecule has 0 spiro atoms. The minimum Gasteiger partial charge on any atom is -0.481 e. The number of carbonyl (C=O) groups is 2. The van der Waals surface area contributed by atoms with Gasteiger partial charge in [0.15, 0.2) is 0 Å². The van der Waals surface area contributed by atoms with Gasteiger partial charge in [0.05, 0.1) is 23.7 Å². The summed E-state index contributed by atoms with van der Waals surface area (Å²) in [5, 5.41) is 21.4. The molecule has 8 heteroatoms. The van der Waals surface area contributed by atoms with Crippen molar-refractivity contribution in [2.24, 2.45) is 11.8 Å². The second-order valence-electron chi connectivity index (χ2n) is 10.2. The Morgan fingerprint density at radius 2 is 1.91 bits per heavy atom. The fourth-order valence-electron chi connectivity index (χ4n) is 5.08. The molecular formula is C27H33N5O3. The van der Waals surface area contributed by atoms with Crippen LogP contribution in [-0.2, 0) is 16.0 Å². The van der Waals surface area contributed by atoms with E-state index in [2.05, 4.69) is 40.1 Å². The minimum absolute atomic E-state index is 0.0163. The summed E-state index contributed by atoms with van der Waals surface area (Å²) >= 11 is 0. The van der Waals surface area contributed by atoms with Crippen LogP contribution >= 0.6 is 0 Å². The first-order valence-corrected chi connectivity index (χ1v) is 12.5. The van der Waals surface area contributed by atoms with Crippen molar-refractivity contribution in [1.29, 1.82) is 5.26 Å². The standard InChI is InChI=1S/C27H33N5O3/c1-17(2)16-32(20-6-4-3-5-7-20)24-9-8-19(21-12-22(21)27(34)35)11-23(24)31-26(33)10-18-14-29-25(13-28)30-15-18/h8-9,11,14-15,17,20-22H,3-7,10,12,16H2,1-2H3,(H,31,33)(H,34,35)/t21?,22-/m1/s1. The average molecular weight is 476 g/mol. The van der Waals surface area contributed by atoms with E-state index in [-0.39, 0.29) is 30.0 Å². The Hall–Kier alpha value is -3.47. The summed E-state index contributed by atoms with van der Waals surface area (Å²) in [6, 6.07) is 8.36. The Bertz CT molecular complexity index is 1100. The quantitative estimate of drug-likeness (QED) is 0.547. The Balaban J connectivity index is 1.62. The number of nitriles is 1. The first-order valence-electron chi connectivity index (χ1n) is 12.5. The zero-order chi connectivity index (χ0) is 24.9. The minimum atomic E-state index is -0.769. The molecule has 2 aromatic rings. The molecule has 2 saturated carbocycles. The maximum absolute atomic E-state index is 13.0. The molecule has 1 unspecified atom stereocenters. The highest BCUT2D eigenvalue weighted by Crippen LogP contribution is 2.49. The predicted octanol–water partition coefficient (Wildman–Crippen LogP) is 4.51. The van der Waals surface area contributed by atoms with Gasteiger partial charge < -0.3 is 15.3 Å². The summed E-state index contributed by atoms with van der Waals surface area (Å²) in [5.74, 6) is -0.818. The van der Waals surface area contributed by atoms with Crippen molar-refractivity contribution < 1.29 is 14.7 Å². The van der Waals surface area contributed by atoms with Gasteiger partial charge in [-0.25, -0.2) is 9.97 Å². The van der Waals surface area contributed by atoms with E-state index in [4.69, 9.17) is 5.26 Å². The van der Waals surface area contributed by atoms with Gasteiger partial charge in [-0.15, -0.1) is 0 Å². The third-order valence-corrected chi connectivity index (χ3v) is 6.89. The van der Waals surface area contributed by atoms with E-state index in [9.17, 15) is 14.7 Å². The lowest BCUT2D eigenvalue weighted by Crippen LogP contribution is -2.40. The van der Waals surface area contributed by atoms with Gasteiger partial charge in [-0.1, -0.05) is 39.2 Å². The van der Waals surface area contributed by atoms with Gasteiger partial charge in [0, 0.05) is 25.0 Å². The number of aromatic nitrogens is 2. The number of carbonyl (C=O) groups excluding carboxylic acids is 1. The van der Waals surface area contributed by atoms with Crippen LogP contribution in [0.2, 0.25) is 0 Å². The first-order chi connectivity index (χ1) is 16.9. The number of anilines is 2. The fourth-order valence-corrected chi connectivity index (χ4v) is 5.08. The van der Waals surface area contributed by atoms with Crippen LogP contribution < -0.4 is 10.2 Å². The molecule has 0 bridgehead atoms. The third-order valence-electron chi connectivity index (χ3n) is 6.89. The van der Waals surface area contributed by atoms with E-state index < -0.39 is 5.97 Å². The lowest BCUT2D eigenvalue weighted by Gasteiger charge is -2.38. The van der Waals surface area contributed by atoms with Crippen LogP contribution in [-0.4, -0.2) is 39.5 Å². The number of carboxylic acids is 1. The lowest BCUT2D eigenvalue weighted by atomic mass is 9.92. The van der Waals surface area contributed by atoms with Crippen LogP contribution in [0.1, 0.15) is 75.2 Å². The highest BCUT2D eigenvalue weighted by molar-refractivity contribution is 5.96. The Kier molecular flexibility index (Phi) is 7.64. The van der Waals surface area contributed by atoms with E-state index in [1.54, 1.807) is 0 Å². The van der Waals surface area contributed by atoms with Crippen molar-refractivity contribution in [3.8, 4) is 6.07 Å². The molecule has 2 N–H and O–H groups in total. The van der Waals surface area contributed by atoms with E-state index in [1.165, 1.54) is 31.7 Å². The molecule has 184 valence electrons. The molecule has 0 aliphatic heterocycles. The van der Waals surface area contributed by atoms with Gasteiger partial charge in [0.25, 0.3) is 0 Å². The number of hydrogen-bond donors (Lipinski definition) is 2. The number of carboxylic acid groups (broad SMARTS) is 1. The SMILES string of the molecule is CC(C)CN(c1ccc(C2C[C@H]2C(=O)O)cc1NC(=O)Cc1cnc(C#N)nc1)C1CCCCC1. The number of amides is 1. The number of rotatable bonds is 9. The van der Waals surface area contributed by atoms with Crippen LogP contribution in [0.15, 0.2) is 30.6 Å². The molecule has 35 heavy (non-hydrogen) atoms. The van der Waals surface area contributed by atoms with Crippen LogP contribution in [0.5, 0.6) is 0 Å². The van der Waals surface area contributed by atoms with Crippen molar-refractivity contribution in [2.45, 2.75) is 70.8 Å². The zero-order valence-corrected chi connectivity index (χ0v) is 20.4. The summed E-state index contributed by atoms with van der Waals surface area (Å²) in [5.41, 5.74) is 3.29. The Labute approximate surface area is 206 Å². The average Bonchev–Trinajstić information content (AvgIpc) is 3.65. The monoisotopic (exact) mass is 475 g/mol. The van der Waals surface area contributed by atoms with Crippen molar-refractivity contribution in [3.05, 3.63) is 47.5 Å². The Morgan fingerprint density at radius 1 is 1.20 bits per heavy atom. The van der Waals surface area contributed by atoms with Crippen molar-refractivity contribution in [1.82, 2.24) is 9.97 Å². The van der Waals surface area contributed by atoms with Crippen LogP contribution in [0.3, 0.4) is 0 Å². The topological polar surface area (TPSA) is 119 Å². The smallest absolute Gasteiger partial charge is 0.307 e. The molecular weight excluding hydrogens is 442 g/mol. The molecule has 4 rings (SSSR count). The maximum atomic E-state index is 13.0. The molecule has 0 saturated heterocycles. The molecule has 0 radical (unpaired) electrons. The predicted molar refractivity (Wildman–Crippen MR) is 133 cm³/mol. The lowest BCUT2D eigenvalue weighted by molar-refractivity contribution is -0.138. The summed E-state index contributed by atoms with van der Waals surface area (Å²) in [6.45, 7) is 5.29. The second-order valence-corrected chi connectivity index (χ2v) is 10.2. The van der Waals surface area contributed by atoms with Crippen LogP contribution in [0.25, 0.3) is 0 Å². The zero-order valence-electron chi connectivity index (χ0n) is 20.4. The molecule has 2 atom stereocenters. The van der Waals surface area contributed by atoms with Gasteiger partial charge in [0.1, 0.15) is 6.07 Å². The largest absolute Gasteiger partial charge is 0.481 e. The molecule has 1 amide bonds. The number of aliphatic carboxylic acids is 1. The van der Waals surface area contributed by atoms with Gasteiger partial charge in [-0.2, -0.15) is 5.26 Å². The molecule has 1 aromatic heterocycles. The van der Waals surface area contributed by atoms with Crippen molar-refractivity contribution in [3.63, 3.8) is 0 Å². The summed E-state index contributed by atoms with van der Waals surface area (Å²) in [7, 11) is 0. The molecule has 1 heterocycles.